The summed E-state index contributed by atoms with van der Waals surface area (Å²) in [4.78, 5) is 22.3. The number of aliphatic carboxylic acids is 1. The molecule has 1 heterocycles. The van der Waals surface area contributed by atoms with Crippen molar-refractivity contribution < 1.29 is 24.2 Å². The Morgan fingerprint density at radius 1 is 1.17 bits per heavy atom. The van der Waals surface area contributed by atoms with E-state index in [4.69, 9.17) is 26.2 Å². The summed E-state index contributed by atoms with van der Waals surface area (Å²) in [7, 11) is 0. The van der Waals surface area contributed by atoms with Crippen molar-refractivity contribution in [3.63, 3.8) is 0 Å². The summed E-state index contributed by atoms with van der Waals surface area (Å²) in [6.07, 6.45) is 2.56. The standard InChI is InChI=1S/C16H20ClNO5/c17-12-8-11(9-13-16(12)23-7-6-22-13)10-14(19)18-5-3-1-2-4-15(20)21/h8-9H,1-7,10H2,(H,18,19)(H,20,21). The SMILES string of the molecule is O=C(O)CCCCCNC(=O)Cc1cc(Cl)c2c(c1)OCCO2. The highest BCUT2D eigenvalue weighted by molar-refractivity contribution is 6.32. The molecular formula is C16H20ClNO5. The third-order valence-corrected chi connectivity index (χ3v) is 3.69. The Labute approximate surface area is 139 Å². The summed E-state index contributed by atoms with van der Waals surface area (Å²) in [6, 6.07) is 3.48. The molecule has 0 spiro atoms. The van der Waals surface area contributed by atoms with Crippen molar-refractivity contribution in [2.24, 2.45) is 0 Å². The number of carbonyl (C=O) groups is 2. The van der Waals surface area contributed by atoms with E-state index in [2.05, 4.69) is 5.32 Å². The van der Waals surface area contributed by atoms with Crippen molar-refractivity contribution in [3.8, 4) is 11.5 Å². The van der Waals surface area contributed by atoms with Gasteiger partial charge in [-0.05, 0) is 30.5 Å². The first kappa shape index (κ1) is 17.4. The van der Waals surface area contributed by atoms with Crippen LogP contribution in [0, 0.1) is 0 Å². The van der Waals surface area contributed by atoms with Crippen molar-refractivity contribution in [1.82, 2.24) is 5.32 Å². The number of benzene rings is 1. The van der Waals surface area contributed by atoms with Gasteiger partial charge in [0.15, 0.2) is 11.5 Å². The number of amides is 1. The molecule has 1 amide bonds. The molecular weight excluding hydrogens is 322 g/mol. The van der Waals surface area contributed by atoms with Gasteiger partial charge >= 0.3 is 5.97 Å². The zero-order valence-corrected chi connectivity index (χ0v) is 13.5. The molecule has 0 bridgehead atoms. The molecule has 0 saturated heterocycles. The van der Waals surface area contributed by atoms with Crippen molar-refractivity contribution in [3.05, 3.63) is 22.7 Å². The van der Waals surface area contributed by atoms with Crippen molar-refractivity contribution in [2.45, 2.75) is 32.1 Å². The quantitative estimate of drug-likeness (QED) is 0.709. The fraction of sp³-hybridized carbons (Fsp3) is 0.500. The van der Waals surface area contributed by atoms with E-state index in [-0.39, 0.29) is 18.7 Å². The number of carboxylic acids is 1. The molecule has 1 aromatic carbocycles. The van der Waals surface area contributed by atoms with Crippen LogP contribution < -0.4 is 14.8 Å². The molecule has 0 aromatic heterocycles. The first-order valence-electron chi connectivity index (χ1n) is 7.63. The van der Waals surface area contributed by atoms with Gasteiger partial charge in [0.1, 0.15) is 13.2 Å². The second-order valence-electron chi connectivity index (χ2n) is 5.33. The molecule has 0 radical (unpaired) electrons. The maximum atomic E-state index is 11.9. The summed E-state index contributed by atoms with van der Waals surface area (Å²) >= 11 is 6.13. The van der Waals surface area contributed by atoms with Gasteiger partial charge in [-0.1, -0.05) is 18.0 Å². The molecule has 23 heavy (non-hydrogen) atoms. The first-order chi connectivity index (χ1) is 11.1. The minimum Gasteiger partial charge on any atom is -0.486 e. The van der Waals surface area contributed by atoms with Crippen LogP contribution in [0.2, 0.25) is 5.02 Å². The van der Waals surface area contributed by atoms with Crippen LogP contribution >= 0.6 is 11.6 Å². The van der Waals surface area contributed by atoms with Gasteiger partial charge in [0.05, 0.1) is 11.4 Å². The molecule has 2 N–H and O–H groups in total. The molecule has 0 aliphatic carbocycles. The van der Waals surface area contributed by atoms with E-state index in [1.54, 1.807) is 12.1 Å². The number of fused-ring (bicyclic) bond motifs is 1. The minimum absolute atomic E-state index is 0.101. The van der Waals surface area contributed by atoms with Gasteiger partial charge in [0.25, 0.3) is 0 Å². The smallest absolute Gasteiger partial charge is 0.303 e. The van der Waals surface area contributed by atoms with Crippen LogP contribution in [0.3, 0.4) is 0 Å². The summed E-state index contributed by atoms with van der Waals surface area (Å²) in [5.41, 5.74) is 0.766. The Morgan fingerprint density at radius 2 is 1.96 bits per heavy atom. The molecule has 1 aliphatic heterocycles. The Kier molecular flexibility index (Phi) is 6.52. The predicted octanol–water partition coefficient (Wildman–Crippen LogP) is 2.41. The first-order valence-corrected chi connectivity index (χ1v) is 8.00. The number of nitrogens with one attached hydrogen (secondary N) is 1. The lowest BCUT2D eigenvalue weighted by molar-refractivity contribution is -0.137. The zero-order chi connectivity index (χ0) is 16.7. The monoisotopic (exact) mass is 341 g/mol. The summed E-state index contributed by atoms with van der Waals surface area (Å²) in [5.74, 6) is 0.209. The van der Waals surface area contributed by atoms with Crippen molar-refractivity contribution in [1.29, 1.82) is 0 Å². The Bertz CT molecular complexity index is 576. The maximum Gasteiger partial charge on any atom is 0.303 e. The van der Waals surface area contributed by atoms with Crippen molar-refractivity contribution in [2.75, 3.05) is 19.8 Å². The molecule has 1 aliphatic rings. The van der Waals surface area contributed by atoms with Gasteiger partial charge in [0, 0.05) is 13.0 Å². The number of carboxylic acid groups (broad SMARTS) is 1. The van der Waals surface area contributed by atoms with Gasteiger partial charge in [0.2, 0.25) is 5.91 Å². The number of hydrogen-bond acceptors (Lipinski definition) is 4. The summed E-state index contributed by atoms with van der Waals surface area (Å²) in [5, 5.41) is 11.8. The van der Waals surface area contributed by atoms with Crippen LogP contribution in [-0.4, -0.2) is 36.7 Å². The second-order valence-corrected chi connectivity index (χ2v) is 5.74. The van der Waals surface area contributed by atoms with E-state index in [0.29, 0.717) is 42.7 Å². The number of unbranched alkanes of at least 4 members (excludes halogenated alkanes) is 2. The minimum atomic E-state index is -0.787. The van der Waals surface area contributed by atoms with Crippen LogP contribution in [0.5, 0.6) is 11.5 Å². The van der Waals surface area contributed by atoms with Crippen LogP contribution in [0.1, 0.15) is 31.2 Å². The third-order valence-electron chi connectivity index (χ3n) is 3.41. The highest BCUT2D eigenvalue weighted by Gasteiger charge is 2.17. The molecule has 0 atom stereocenters. The number of halogens is 1. The third kappa shape index (κ3) is 5.63. The Hall–Kier alpha value is -1.95. The molecule has 0 fully saturated rings. The molecule has 2 rings (SSSR count). The fourth-order valence-electron chi connectivity index (χ4n) is 2.32. The molecule has 0 saturated carbocycles. The van der Waals surface area contributed by atoms with E-state index >= 15 is 0 Å². The lowest BCUT2D eigenvalue weighted by Gasteiger charge is -2.20. The molecule has 6 nitrogen and oxygen atoms in total. The molecule has 1 aromatic rings. The van der Waals surface area contributed by atoms with Gasteiger partial charge in [-0.2, -0.15) is 0 Å². The highest BCUT2D eigenvalue weighted by atomic mass is 35.5. The van der Waals surface area contributed by atoms with Crippen LogP contribution in [0.15, 0.2) is 12.1 Å². The normalized spacial score (nSPS) is 12.7. The van der Waals surface area contributed by atoms with Crippen molar-refractivity contribution >= 4 is 23.5 Å². The highest BCUT2D eigenvalue weighted by Crippen LogP contribution is 2.38. The van der Waals surface area contributed by atoms with E-state index in [1.807, 2.05) is 0 Å². The average Bonchev–Trinajstić information content (AvgIpc) is 2.50. The van der Waals surface area contributed by atoms with Gasteiger partial charge < -0.3 is 19.9 Å². The van der Waals surface area contributed by atoms with E-state index < -0.39 is 5.97 Å². The number of ether oxygens (including phenoxy) is 2. The lowest BCUT2D eigenvalue weighted by atomic mass is 10.1. The van der Waals surface area contributed by atoms with Gasteiger partial charge in [-0.3, -0.25) is 9.59 Å². The van der Waals surface area contributed by atoms with E-state index in [1.165, 1.54) is 0 Å². The maximum absolute atomic E-state index is 11.9. The van der Waals surface area contributed by atoms with Gasteiger partial charge in [-0.15, -0.1) is 0 Å². The van der Waals surface area contributed by atoms with Crippen LogP contribution in [-0.2, 0) is 16.0 Å². The Balaban J connectivity index is 1.75. The fourth-order valence-corrected chi connectivity index (χ4v) is 2.61. The van der Waals surface area contributed by atoms with Crippen LogP contribution in [0.25, 0.3) is 0 Å². The largest absolute Gasteiger partial charge is 0.486 e. The van der Waals surface area contributed by atoms with E-state index in [9.17, 15) is 9.59 Å². The summed E-state index contributed by atoms with van der Waals surface area (Å²) in [6.45, 7) is 1.47. The lowest BCUT2D eigenvalue weighted by Crippen LogP contribution is -2.26. The zero-order valence-electron chi connectivity index (χ0n) is 12.8. The number of carbonyl (C=O) groups excluding carboxylic acids is 1. The number of rotatable bonds is 8. The van der Waals surface area contributed by atoms with E-state index in [0.717, 1.165) is 18.4 Å². The number of hydrogen-bond donors (Lipinski definition) is 2. The topological polar surface area (TPSA) is 84.9 Å². The molecule has 0 unspecified atom stereocenters. The molecule has 126 valence electrons. The average molecular weight is 342 g/mol. The summed E-state index contributed by atoms with van der Waals surface area (Å²) < 4.78 is 10.9. The predicted molar refractivity (Wildman–Crippen MR) is 85.3 cm³/mol. The Morgan fingerprint density at radius 3 is 2.74 bits per heavy atom. The van der Waals surface area contributed by atoms with Crippen LogP contribution in [0.4, 0.5) is 0 Å². The molecule has 7 heteroatoms. The van der Waals surface area contributed by atoms with Gasteiger partial charge in [-0.25, -0.2) is 0 Å². The second kappa shape index (κ2) is 8.62.